The number of alkyl halides is 3. The molecule has 9 nitrogen and oxygen atoms in total. The zero-order valence-corrected chi connectivity index (χ0v) is 25.8. The van der Waals surface area contributed by atoms with Gasteiger partial charge in [0.2, 0.25) is 0 Å². The smallest absolute Gasteiger partial charge is 0.412 e. The summed E-state index contributed by atoms with van der Waals surface area (Å²) in [6.07, 6.45) is -2.50. The van der Waals surface area contributed by atoms with Gasteiger partial charge in [0.15, 0.2) is 11.4 Å². The third-order valence-electron chi connectivity index (χ3n) is 8.14. The zero-order valence-electron chi connectivity index (χ0n) is 25.8. The van der Waals surface area contributed by atoms with Gasteiger partial charge in [0.1, 0.15) is 28.0 Å². The second-order valence-electron chi connectivity index (χ2n) is 13.2. The minimum atomic E-state index is -4.38. The Labute approximate surface area is 245 Å². The number of aromatic nitrogens is 3. The van der Waals surface area contributed by atoms with Crippen molar-refractivity contribution in [3.63, 3.8) is 0 Å². The van der Waals surface area contributed by atoms with Gasteiger partial charge in [-0.3, -0.25) is 14.7 Å². The molecule has 2 fully saturated rings. The molecule has 1 amide bonds. The third kappa shape index (κ3) is 6.29. The molecule has 2 atom stereocenters. The molecule has 42 heavy (non-hydrogen) atoms. The first-order valence-electron chi connectivity index (χ1n) is 14.6. The van der Waals surface area contributed by atoms with Gasteiger partial charge in [-0.1, -0.05) is 6.42 Å². The number of hydrogen-bond donors (Lipinski definition) is 0. The minimum Gasteiger partial charge on any atom is -0.444 e. The summed E-state index contributed by atoms with van der Waals surface area (Å²) in [5.74, 6) is -0.267. The zero-order chi connectivity index (χ0) is 31.3. The highest BCUT2D eigenvalue weighted by Crippen LogP contribution is 2.55. The summed E-state index contributed by atoms with van der Waals surface area (Å²) in [4.78, 5) is 36.6. The molecule has 3 heterocycles. The van der Waals surface area contributed by atoms with Crippen LogP contribution in [0.2, 0.25) is 0 Å². The Hall–Kier alpha value is -2.73. The van der Waals surface area contributed by atoms with Crippen molar-refractivity contribution in [2.24, 2.45) is 7.05 Å². The lowest BCUT2D eigenvalue weighted by atomic mass is 9.66. The van der Waals surface area contributed by atoms with E-state index in [1.165, 1.54) is 16.8 Å². The summed E-state index contributed by atoms with van der Waals surface area (Å²) in [7, 11) is 1.54. The van der Waals surface area contributed by atoms with Crippen molar-refractivity contribution in [3.8, 4) is 0 Å². The van der Waals surface area contributed by atoms with Gasteiger partial charge >= 0.3 is 12.3 Å². The lowest BCUT2D eigenvalue weighted by Gasteiger charge is -2.43. The van der Waals surface area contributed by atoms with Gasteiger partial charge in [0, 0.05) is 19.2 Å². The molecule has 1 aliphatic heterocycles. The van der Waals surface area contributed by atoms with Crippen LogP contribution in [0.5, 0.6) is 0 Å². The lowest BCUT2D eigenvalue weighted by Crippen LogP contribution is -2.54. The topological polar surface area (TPSA) is 95.8 Å². The van der Waals surface area contributed by atoms with E-state index in [9.17, 15) is 22.8 Å². The van der Waals surface area contributed by atoms with Crippen LogP contribution in [0.25, 0.3) is 11.2 Å². The maximum atomic E-state index is 14.0. The molecule has 1 aliphatic carbocycles. The first-order chi connectivity index (χ1) is 19.4. The summed E-state index contributed by atoms with van der Waals surface area (Å²) >= 11 is 0. The number of fused-ring (bicyclic) bond motifs is 1. The summed E-state index contributed by atoms with van der Waals surface area (Å²) in [6.45, 7) is 13.1. The Bertz CT molecular complexity index is 1310. The SMILES string of the molecule is CC(C)O[C@H](CCCC(=O)c1cnc2cc(C3(C(F)(F)F)CCC3)n(C)c2n1)[C@@H]1COC(C)(C)N1C(=O)OC(C)(C)C. The van der Waals surface area contributed by atoms with Crippen molar-refractivity contribution in [2.75, 3.05) is 6.61 Å². The van der Waals surface area contributed by atoms with E-state index in [1.807, 2.05) is 13.8 Å². The Balaban J connectivity index is 1.48. The van der Waals surface area contributed by atoms with E-state index in [0.29, 0.717) is 24.8 Å². The predicted octanol–water partition coefficient (Wildman–Crippen LogP) is 6.47. The maximum absolute atomic E-state index is 14.0. The number of amides is 1. The Kier molecular flexibility index (Phi) is 8.74. The second kappa shape index (κ2) is 11.4. The number of aryl methyl sites for hydroxylation is 1. The van der Waals surface area contributed by atoms with Crippen molar-refractivity contribution in [2.45, 2.75) is 128 Å². The number of ketones is 1. The first kappa shape index (κ1) is 32.2. The molecule has 2 aliphatic rings. The summed E-state index contributed by atoms with van der Waals surface area (Å²) < 4.78 is 61.2. The summed E-state index contributed by atoms with van der Waals surface area (Å²) in [5, 5.41) is 0. The van der Waals surface area contributed by atoms with Crippen LogP contribution < -0.4 is 0 Å². The molecule has 0 radical (unpaired) electrons. The van der Waals surface area contributed by atoms with Gasteiger partial charge in [0.25, 0.3) is 0 Å². The van der Waals surface area contributed by atoms with Crippen molar-refractivity contribution < 1.29 is 37.0 Å². The minimum absolute atomic E-state index is 0.0284. The molecule has 0 bridgehead atoms. The number of Topliss-reactive ketones (excluding diaryl/α,β-unsaturated/α-hetero) is 1. The number of nitrogens with zero attached hydrogens (tertiary/aromatic N) is 4. The maximum Gasteiger partial charge on any atom is 0.412 e. The molecule has 0 spiro atoms. The van der Waals surface area contributed by atoms with Crippen molar-refractivity contribution in [1.82, 2.24) is 19.4 Å². The monoisotopic (exact) mass is 596 g/mol. The van der Waals surface area contributed by atoms with Crippen LogP contribution in [-0.4, -0.2) is 73.7 Å². The van der Waals surface area contributed by atoms with Gasteiger partial charge in [-0.15, -0.1) is 0 Å². The molecule has 2 aromatic heterocycles. The normalized spacial score (nSPS) is 21.0. The van der Waals surface area contributed by atoms with E-state index in [-0.39, 0.29) is 54.8 Å². The van der Waals surface area contributed by atoms with E-state index < -0.39 is 41.2 Å². The quantitative estimate of drug-likeness (QED) is 0.306. The van der Waals surface area contributed by atoms with Crippen LogP contribution in [-0.2, 0) is 26.7 Å². The molecule has 0 N–H and O–H groups in total. The Morgan fingerprint density at radius 2 is 1.86 bits per heavy atom. The highest BCUT2D eigenvalue weighted by atomic mass is 19.4. The van der Waals surface area contributed by atoms with Crippen LogP contribution in [0, 0.1) is 0 Å². The predicted molar refractivity (Wildman–Crippen MR) is 150 cm³/mol. The fourth-order valence-electron chi connectivity index (χ4n) is 5.95. The average molecular weight is 597 g/mol. The van der Waals surface area contributed by atoms with Crippen molar-refractivity contribution >= 4 is 23.0 Å². The van der Waals surface area contributed by atoms with Gasteiger partial charge < -0.3 is 18.8 Å². The van der Waals surface area contributed by atoms with Crippen LogP contribution in [0.4, 0.5) is 18.0 Å². The third-order valence-corrected chi connectivity index (χ3v) is 8.14. The average Bonchev–Trinajstić information content (AvgIpc) is 3.31. The van der Waals surface area contributed by atoms with Crippen LogP contribution >= 0.6 is 0 Å². The molecule has 4 rings (SSSR count). The van der Waals surface area contributed by atoms with E-state index in [4.69, 9.17) is 14.2 Å². The second-order valence-corrected chi connectivity index (χ2v) is 13.2. The van der Waals surface area contributed by atoms with Gasteiger partial charge in [-0.05, 0) is 80.2 Å². The fourth-order valence-corrected chi connectivity index (χ4v) is 5.95. The first-order valence-corrected chi connectivity index (χ1v) is 14.6. The van der Waals surface area contributed by atoms with Gasteiger partial charge in [-0.2, -0.15) is 13.2 Å². The number of carbonyl (C=O) groups excluding carboxylic acids is 2. The number of ether oxygens (including phenoxy) is 3. The molecule has 0 aromatic carbocycles. The van der Waals surface area contributed by atoms with Crippen LogP contribution in [0.3, 0.4) is 0 Å². The van der Waals surface area contributed by atoms with E-state index >= 15 is 0 Å². The fraction of sp³-hybridized carbons (Fsp3) is 0.733. The van der Waals surface area contributed by atoms with Gasteiger partial charge in [0.05, 0.1) is 31.1 Å². The van der Waals surface area contributed by atoms with Crippen LogP contribution in [0.1, 0.15) is 103 Å². The largest absolute Gasteiger partial charge is 0.444 e. The molecule has 0 unspecified atom stereocenters. The Morgan fingerprint density at radius 3 is 2.40 bits per heavy atom. The number of rotatable bonds is 9. The van der Waals surface area contributed by atoms with E-state index in [0.717, 1.165) is 0 Å². The van der Waals surface area contributed by atoms with Crippen molar-refractivity contribution in [1.29, 1.82) is 0 Å². The highest BCUT2D eigenvalue weighted by molar-refractivity contribution is 5.95. The molecule has 2 aromatic rings. The molecule has 1 saturated heterocycles. The number of halogens is 3. The number of hydrogen-bond acceptors (Lipinski definition) is 7. The molecule has 234 valence electrons. The summed E-state index contributed by atoms with van der Waals surface area (Å²) in [6, 6.07) is 1.02. The molecule has 1 saturated carbocycles. The van der Waals surface area contributed by atoms with Gasteiger partial charge in [-0.25, -0.2) is 9.78 Å². The van der Waals surface area contributed by atoms with Crippen molar-refractivity contribution in [3.05, 3.63) is 23.7 Å². The Morgan fingerprint density at radius 1 is 1.19 bits per heavy atom. The summed E-state index contributed by atoms with van der Waals surface area (Å²) in [5.41, 5.74) is -2.66. The number of carbonyl (C=O) groups is 2. The lowest BCUT2D eigenvalue weighted by molar-refractivity contribution is -0.214. The standard InChI is InChI=1S/C30H43F3N4O5/c1-18(2)41-23(21-17-40-28(6,7)37(21)26(39)42-27(3,4)5)12-9-11-22(38)20-16-34-19-15-24(36(8)25(19)35-20)29(13-10-14-29)30(31,32)33/h15-16,18,21,23H,9-14,17H2,1-8H3/t21-,23+/m0/s1. The highest BCUT2D eigenvalue weighted by Gasteiger charge is 2.60. The molecular weight excluding hydrogens is 553 g/mol. The van der Waals surface area contributed by atoms with Crippen LogP contribution in [0.15, 0.2) is 12.3 Å². The molecular formula is C30H43F3N4O5. The van der Waals surface area contributed by atoms with E-state index in [2.05, 4.69) is 9.97 Å². The van der Waals surface area contributed by atoms with E-state index in [1.54, 1.807) is 46.6 Å². The molecule has 12 heteroatoms.